The molecule has 0 radical (unpaired) electrons. The summed E-state index contributed by atoms with van der Waals surface area (Å²) in [5, 5.41) is 2.76. The van der Waals surface area contributed by atoms with E-state index in [2.05, 4.69) is 5.32 Å². The van der Waals surface area contributed by atoms with E-state index in [1.165, 1.54) is 6.92 Å². The molecule has 0 heterocycles. The van der Waals surface area contributed by atoms with E-state index in [0.29, 0.717) is 17.7 Å². The summed E-state index contributed by atoms with van der Waals surface area (Å²) in [4.78, 5) is 35.3. The van der Waals surface area contributed by atoms with Crippen LogP contribution in [-0.4, -0.2) is 17.5 Å². The summed E-state index contributed by atoms with van der Waals surface area (Å²) in [5.74, 6) is -0.781. The first-order valence-electron chi connectivity index (χ1n) is 6.94. The smallest absolute Gasteiger partial charge is 0.234 e. The van der Waals surface area contributed by atoms with Crippen molar-refractivity contribution in [2.75, 3.05) is 5.32 Å². The highest BCUT2D eigenvalue weighted by Crippen LogP contribution is 2.26. The van der Waals surface area contributed by atoms with Crippen molar-refractivity contribution in [2.45, 2.75) is 33.1 Å². The van der Waals surface area contributed by atoms with Crippen LogP contribution in [0.25, 0.3) is 0 Å². The molecule has 1 aliphatic carbocycles. The summed E-state index contributed by atoms with van der Waals surface area (Å²) in [6.07, 6.45) is 2.41. The summed E-state index contributed by atoms with van der Waals surface area (Å²) in [6.45, 7) is 3.37. The van der Waals surface area contributed by atoms with Gasteiger partial charge >= 0.3 is 0 Å². The fourth-order valence-corrected chi connectivity index (χ4v) is 2.53. The molecule has 1 saturated carbocycles. The van der Waals surface area contributed by atoms with Crippen LogP contribution in [0.1, 0.15) is 43.5 Å². The lowest BCUT2D eigenvalue weighted by atomic mass is 9.80. The van der Waals surface area contributed by atoms with Gasteiger partial charge in [0.25, 0.3) is 0 Å². The van der Waals surface area contributed by atoms with Crippen LogP contribution in [0.5, 0.6) is 0 Å². The largest absolute Gasteiger partial charge is 0.325 e. The number of benzene rings is 1. The maximum Gasteiger partial charge on any atom is 0.234 e. The highest BCUT2D eigenvalue weighted by molar-refractivity contribution is 6.08. The van der Waals surface area contributed by atoms with E-state index in [1.54, 1.807) is 24.3 Å². The Morgan fingerprint density at radius 1 is 1.15 bits per heavy atom. The number of carbonyl (C=O) groups excluding carboxylic acids is 3. The molecule has 4 nitrogen and oxygen atoms in total. The van der Waals surface area contributed by atoms with Crippen molar-refractivity contribution in [3.05, 3.63) is 29.8 Å². The molecule has 4 heteroatoms. The zero-order valence-corrected chi connectivity index (χ0v) is 11.8. The quantitative estimate of drug-likeness (QED) is 0.680. The molecule has 0 spiro atoms. The second-order valence-corrected chi connectivity index (χ2v) is 5.41. The SMILES string of the molecule is CC(=O)c1ccc(NC(=O)C2CCCC(C)C2=O)cc1. The molecule has 1 aromatic rings. The Balaban J connectivity index is 2.04. The normalized spacial score (nSPS) is 22.4. The van der Waals surface area contributed by atoms with Crippen LogP contribution < -0.4 is 5.32 Å². The molecule has 1 aliphatic rings. The predicted octanol–water partition coefficient (Wildman–Crippen LogP) is 2.83. The fraction of sp³-hybridized carbons (Fsp3) is 0.438. The molecule has 0 bridgehead atoms. The molecule has 20 heavy (non-hydrogen) atoms. The molecule has 1 N–H and O–H groups in total. The van der Waals surface area contributed by atoms with Crippen LogP contribution in [0.4, 0.5) is 5.69 Å². The molecular formula is C16H19NO3. The van der Waals surface area contributed by atoms with Gasteiger partial charge in [-0.1, -0.05) is 13.3 Å². The minimum Gasteiger partial charge on any atom is -0.325 e. The maximum absolute atomic E-state index is 12.1. The number of hydrogen-bond acceptors (Lipinski definition) is 3. The van der Waals surface area contributed by atoms with Crippen molar-refractivity contribution in [1.29, 1.82) is 0 Å². The molecule has 2 unspecified atom stereocenters. The van der Waals surface area contributed by atoms with Crippen LogP contribution in [0.2, 0.25) is 0 Å². The molecule has 2 rings (SSSR count). The lowest BCUT2D eigenvalue weighted by Gasteiger charge is -2.24. The summed E-state index contributed by atoms with van der Waals surface area (Å²) < 4.78 is 0. The Bertz CT molecular complexity index is 533. The molecule has 0 saturated heterocycles. The van der Waals surface area contributed by atoms with Crippen LogP contribution in [-0.2, 0) is 9.59 Å². The van der Waals surface area contributed by atoms with Gasteiger partial charge < -0.3 is 5.32 Å². The Hall–Kier alpha value is -1.97. The molecule has 0 aromatic heterocycles. The summed E-state index contributed by atoms with van der Waals surface area (Å²) >= 11 is 0. The molecule has 1 amide bonds. The second-order valence-electron chi connectivity index (χ2n) is 5.41. The van der Waals surface area contributed by atoms with E-state index >= 15 is 0 Å². The first kappa shape index (κ1) is 14.4. The van der Waals surface area contributed by atoms with Crippen molar-refractivity contribution in [3.63, 3.8) is 0 Å². The van der Waals surface area contributed by atoms with Gasteiger partial charge in [-0.2, -0.15) is 0 Å². The van der Waals surface area contributed by atoms with Gasteiger partial charge in [-0.15, -0.1) is 0 Å². The highest BCUT2D eigenvalue weighted by atomic mass is 16.2. The van der Waals surface area contributed by atoms with E-state index in [0.717, 1.165) is 12.8 Å². The van der Waals surface area contributed by atoms with Gasteiger partial charge in [0.05, 0.1) is 5.92 Å². The van der Waals surface area contributed by atoms with Crippen molar-refractivity contribution < 1.29 is 14.4 Å². The van der Waals surface area contributed by atoms with Gasteiger partial charge in [0.2, 0.25) is 5.91 Å². The molecule has 1 aromatic carbocycles. The highest BCUT2D eigenvalue weighted by Gasteiger charge is 2.33. The molecular weight excluding hydrogens is 254 g/mol. The lowest BCUT2D eigenvalue weighted by Crippen LogP contribution is -2.36. The average Bonchev–Trinajstić information content (AvgIpc) is 2.42. The van der Waals surface area contributed by atoms with Crippen LogP contribution >= 0.6 is 0 Å². The summed E-state index contributed by atoms with van der Waals surface area (Å²) in [6, 6.07) is 6.71. The number of ketones is 2. The van der Waals surface area contributed by atoms with Crippen molar-refractivity contribution in [3.8, 4) is 0 Å². The van der Waals surface area contributed by atoms with Crippen molar-refractivity contribution in [1.82, 2.24) is 0 Å². The van der Waals surface area contributed by atoms with E-state index in [9.17, 15) is 14.4 Å². The monoisotopic (exact) mass is 273 g/mol. The maximum atomic E-state index is 12.1. The topological polar surface area (TPSA) is 63.2 Å². The Kier molecular flexibility index (Phi) is 4.32. The summed E-state index contributed by atoms with van der Waals surface area (Å²) in [5.41, 5.74) is 1.22. The first-order valence-corrected chi connectivity index (χ1v) is 6.94. The third kappa shape index (κ3) is 3.13. The van der Waals surface area contributed by atoms with Crippen molar-refractivity contribution >= 4 is 23.2 Å². The molecule has 1 fully saturated rings. The summed E-state index contributed by atoms with van der Waals surface area (Å²) in [7, 11) is 0. The average molecular weight is 273 g/mol. The van der Waals surface area contributed by atoms with Crippen molar-refractivity contribution in [2.24, 2.45) is 11.8 Å². The number of rotatable bonds is 3. The third-order valence-corrected chi connectivity index (χ3v) is 3.83. The number of Topliss-reactive ketones (excluding diaryl/α,β-unsaturated/α-hetero) is 2. The Morgan fingerprint density at radius 3 is 2.40 bits per heavy atom. The molecule has 2 atom stereocenters. The van der Waals surface area contributed by atoms with Gasteiger partial charge in [-0.05, 0) is 44.0 Å². The number of hydrogen-bond donors (Lipinski definition) is 1. The zero-order chi connectivity index (χ0) is 14.7. The van der Waals surface area contributed by atoms with Crippen LogP contribution in [0.3, 0.4) is 0 Å². The van der Waals surface area contributed by atoms with E-state index in [1.807, 2.05) is 6.92 Å². The lowest BCUT2D eigenvalue weighted by molar-refractivity contribution is -0.135. The zero-order valence-electron chi connectivity index (χ0n) is 11.8. The first-order chi connectivity index (χ1) is 9.49. The van der Waals surface area contributed by atoms with Crippen LogP contribution in [0.15, 0.2) is 24.3 Å². The third-order valence-electron chi connectivity index (χ3n) is 3.83. The van der Waals surface area contributed by atoms with Gasteiger partial charge in [0.1, 0.15) is 5.78 Å². The minimum absolute atomic E-state index is 0.0147. The van der Waals surface area contributed by atoms with Gasteiger partial charge in [-0.25, -0.2) is 0 Å². The Labute approximate surface area is 118 Å². The minimum atomic E-state index is -0.536. The number of carbonyl (C=O) groups is 3. The van der Waals surface area contributed by atoms with Crippen LogP contribution in [0, 0.1) is 11.8 Å². The fourth-order valence-electron chi connectivity index (χ4n) is 2.53. The van der Waals surface area contributed by atoms with Gasteiger partial charge in [0, 0.05) is 17.2 Å². The van der Waals surface area contributed by atoms with Gasteiger partial charge in [0.15, 0.2) is 5.78 Å². The molecule has 0 aliphatic heterocycles. The standard InChI is InChI=1S/C16H19NO3/c1-10-4-3-5-14(15(10)19)16(20)17-13-8-6-12(7-9-13)11(2)18/h6-10,14H,3-5H2,1-2H3,(H,17,20). The number of amides is 1. The Morgan fingerprint density at radius 2 is 1.80 bits per heavy atom. The molecule has 106 valence electrons. The van der Waals surface area contributed by atoms with E-state index < -0.39 is 5.92 Å². The number of anilines is 1. The predicted molar refractivity (Wildman–Crippen MR) is 76.6 cm³/mol. The van der Waals surface area contributed by atoms with E-state index in [-0.39, 0.29) is 23.4 Å². The van der Waals surface area contributed by atoms with E-state index in [4.69, 9.17) is 0 Å². The number of nitrogens with one attached hydrogen (secondary N) is 1. The van der Waals surface area contributed by atoms with Gasteiger partial charge in [-0.3, -0.25) is 14.4 Å². The second kappa shape index (κ2) is 5.99.